The highest BCUT2D eigenvalue weighted by atomic mass is 15.0. The smallest absolute Gasteiger partial charge is 0.164 e. The molecule has 290 valence electrons. The van der Waals surface area contributed by atoms with Gasteiger partial charge in [0.25, 0.3) is 0 Å². The van der Waals surface area contributed by atoms with E-state index >= 15 is 0 Å². The van der Waals surface area contributed by atoms with Crippen molar-refractivity contribution < 1.29 is 0 Å². The van der Waals surface area contributed by atoms with Gasteiger partial charge < -0.3 is 0 Å². The van der Waals surface area contributed by atoms with Crippen LogP contribution in [0, 0.1) is 11.3 Å². The predicted octanol–water partition coefficient (Wildman–Crippen LogP) is 14.1. The highest BCUT2D eigenvalue weighted by Crippen LogP contribution is 2.44. The summed E-state index contributed by atoms with van der Waals surface area (Å²) >= 11 is 0. The maximum atomic E-state index is 9.54. The molecule has 4 nitrogen and oxygen atoms in total. The van der Waals surface area contributed by atoms with Crippen LogP contribution < -0.4 is 0 Å². The first-order chi connectivity index (χ1) is 30.7. The lowest BCUT2D eigenvalue weighted by Gasteiger charge is -2.24. The fraction of sp³-hybridized carbons (Fsp3) is 0.0345. The normalized spacial score (nSPS) is 11.7. The maximum Gasteiger partial charge on any atom is 0.164 e. The van der Waals surface area contributed by atoms with E-state index in [4.69, 9.17) is 15.0 Å². The number of aromatic nitrogens is 3. The summed E-state index contributed by atoms with van der Waals surface area (Å²) in [5.41, 5.74) is 18.2. The van der Waals surface area contributed by atoms with E-state index in [1.807, 2.05) is 72.8 Å². The monoisotopic (exact) mass is 790 g/mol. The lowest BCUT2D eigenvalue weighted by Crippen LogP contribution is -2.04. The van der Waals surface area contributed by atoms with Gasteiger partial charge in [-0.2, -0.15) is 5.26 Å². The van der Waals surface area contributed by atoms with Crippen LogP contribution >= 0.6 is 0 Å². The van der Waals surface area contributed by atoms with E-state index in [9.17, 15) is 5.26 Å². The zero-order valence-electron chi connectivity index (χ0n) is 33.8. The molecular weight excluding hydrogens is 753 g/mol. The summed E-state index contributed by atoms with van der Waals surface area (Å²) in [4.78, 5) is 14.8. The molecule has 4 heteroatoms. The van der Waals surface area contributed by atoms with Crippen molar-refractivity contribution in [2.45, 2.75) is 12.8 Å². The van der Waals surface area contributed by atoms with E-state index in [2.05, 4.69) is 140 Å². The Balaban J connectivity index is 1.02. The van der Waals surface area contributed by atoms with Crippen LogP contribution in [0.3, 0.4) is 0 Å². The molecule has 1 heterocycles. The van der Waals surface area contributed by atoms with Crippen molar-refractivity contribution in [2.75, 3.05) is 0 Å². The number of nitrogens with zero attached hydrogens (tertiary/aromatic N) is 4. The fourth-order valence-corrected chi connectivity index (χ4v) is 9.05. The summed E-state index contributed by atoms with van der Waals surface area (Å²) in [7, 11) is 0. The SMILES string of the molecule is N#Cc1ccc(-c2cc3c(c4ccccc24)-c2ccccc2Cc2cc(-c4ccc(-c5nc(-c6ccccc6)nc(-c6ccccc6)n5)cc4)ccc2-c2ccccc2C3)cc1. The Morgan fingerprint density at radius 1 is 0.323 bits per heavy atom. The Bertz CT molecular complexity index is 3270. The standard InChI is InChI=1S/C58H38N4/c59-37-38-23-25-40(26-24-38)54-36-48-35-45-17-7-9-19-49(45)50-32-31-44(33-47(50)34-46-18-8-10-20-51(46)55(48)53-22-12-11-21-52(53)54)39-27-29-43(30-28-39)58-61-56(41-13-3-1-4-14-41)60-57(62-58)42-15-5-2-6-16-42/h1-33,36H,34-35H2. The molecule has 0 atom stereocenters. The highest BCUT2D eigenvalue weighted by molar-refractivity contribution is 6.07. The van der Waals surface area contributed by atoms with E-state index < -0.39 is 0 Å². The van der Waals surface area contributed by atoms with Crippen LogP contribution in [0.25, 0.3) is 89.4 Å². The summed E-state index contributed by atoms with van der Waals surface area (Å²) in [6.45, 7) is 0. The lowest BCUT2D eigenvalue weighted by atomic mass is 9.80. The Kier molecular flexibility index (Phi) is 9.33. The number of hydrogen-bond donors (Lipinski definition) is 0. The van der Waals surface area contributed by atoms with Gasteiger partial charge in [0.05, 0.1) is 11.6 Å². The number of rotatable bonds is 5. The minimum absolute atomic E-state index is 0.639. The van der Waals surface area contributed by atoms with E-state index in [0.29, 0.717) is 23.0 Å². The minimum Gasteiger partial charge on any atom is -0.208 e. The van der Waals surface area contributed by atoms with Gasteiger partial charge in [-0.1, -0.05) is 188 Å². The minimum atomic E-state index is 0.639. The summed E-state index contributed by atoms with van der Waals surface area (Å²) in [6.07, 6.45) is 1.54. The van der Waals surface area contributed by atoms with Crippen LogP contribution in [0.4, 0.5) is 0 Å². The van der Waals surface area contributed by atoms with Gasteiger partial charge in [-0.3, -0.25) is 0 Å². The van der Waals surface area contributed by atoms with E-state index in [1.54, 1.807) is 0 Å². The van der Waals surface area contributed by atoms with Gasteiger partial charge in [-0.25, -0.2) is 15.0 Å². The van der Waals surface area contributed by atoms with Crippen LogP contribution in [0.2, 0.25) is 0 Å². The molecule has 11 rings (SSSR count). The second kappa shape index (κ2) is 15.7. The third kappa shape index (κ3) is 6.82. The number of hydrogen-bond acceptors (Lipinski definition) is 4. The molecule has 0 fully saturated rings. The molecule has 0 unspecified atom stereocenters. The fourth-order valence-electron chi connectivity index (χ4n) is 9.05. The zero-order chi connectivity index (χ0) is 41.4. The molecule has 1 aromatic heterocycles. The predicted molar refractivity (Wildman–Crippen MR) is 252 cm³/mol. The number of nitriles is 1. The van der Waals surface area contributed by atoms with E-state index in [-0.39, 0.29) is 0 Å². The van der Waals surface area contributed by atoms with Crippen molar-refractivity contribution in [1.29, 1.82) is 5.26 Å². The second-order valence-electron chi connectivity index (χ2n) is 15.8. The van der Waals surface area contributed by atoms with E-state index in [0.717, 1.165) is 46.2 Å². The van der Waals surface area contributed by atoms with Gasteiger partial charge >= 0.3 is 0 Å². The molecule has 0 spiro atoms. The third-order valence-corrected chi connectivity index (χ3v) is 12.1. The van der Waals surface area contributed by atoms with Crippen molar-refractivity contribution in [3.8, 4) is 84.7 Å². The van der Waals surface area contributed by atoms with Gasteiger partial charge in [0, 0.05) is 16.7 Å². The molecule has 10 aromatic rings. The van der Waals surface area contributed by atoms with Crippen LogP contribution in [-0.4, -0.2) is 15.0 Å². The summed E-state index contributed by atoms with van der Waals surface area (Å²) in [5.74, 6) is 1.93. The molecule has 0 bridgehead atoms. The van der Waals surface area contributed by atoms with Gasteiger partial charge in [0.2, 0.25) is 0 Å². The van der Waals surface area contributed by atoms with Crippen LogP contribution in [0.1, 0.15) is 27.8 Å². The van der Waals surface area contributed by atoms with Crippen molar-refractivity contribution in [3.63, 3.8) is 0 Å². The Morgan fingerprint density at radius 3 is 1.44 bits per heavy atom. The summed E-state index contributed by atoms with van der Waals surface area (Å²) in [6, 6.07) is 75.0. The lowest BCUT2D eigenvalue weighted by molar-refractivity contribution is 1.07. The van der Waals surface area contributed by atoms with Gasteiger partial charge in [-0.15, -0.1) is 0 Å². The van der Waals surface area contributed by atoms with Gasteiger partial charge in [0.15, 0.2) is 17.5 Å². The molecule has 0 aliphatic heterocycles. The number of benzene rings is 9. The molecule has 0 N–H and O–H groups in total. The van der Waals surface area contributed by atoms with E-state index in [1.165, 1.54) is 60.8 Å². The quantitative estimate of drug-likeness (QED) is 0.174. The molecule has 0 saturated carbocycles. The Labute approximate surface area is 361 Å². The molecule has 9 aromatic carbocycles. The summed E-state index contributed by atoms with van der Waals surface area (Å²) in [5, 5.41) is 12.0. The first kappa shape index (κ1) is 36.8. The summed E-state index contributed by atoms with van der Waals surface area (Å²) < 4.78 is 0. The topological polar surface area (TPSA) is 62.5 Å². The molecule has 0 saturated heterocycles. The van der Waals surface area contributed by atoms with Crippen LogP contribution in [0.15, 0.2) is 206 Å². The highest BCUT2D eigenvalue weighted by Gasteiger charge is 2.22. The first-order valence-electron chi connectivity index (χ1n) is 21.0. The molecule has 0 radical (unpaired) electrons. The van der Waals surface area contributed by atoms with Crippen molar-refractivity contribution in [1.82, 2.24) is 15.0 Å². The molecule has 0 amide bonds. The van der Waals surface area contributed by atoms with Crippen LogP contribution in [-0.2, 0) is 12.8 Å². The average Bonchev–Trinajstić information content (AvgIpc) is 3.35. The van der Waals surface area contributed by atoms with Crippen LogP contribution in [0.5, 0.6) is 0 Å². The third-order valence-electron chi connectivity index (χ3n) is 12.1. The van der Waals surface area contributed by atoms with Crippen molar-refractivity contribution in [2.24, 2.45) is 0 Å². The number of fused-ring (bicyclic) bond motifs is 8. The Hall–Kier alpha value is -8.26. The van der Waals surface area contributed by atoms with Gasteiger partial charge in [-0.05, 0) is 109 Å². The zero-order valence-corrected chi connectivity index (χ0v) is 33.8. The first-order valence-corrected chi connectivity index (χ1v) is 21.0. The molecule has 62 heavy (non-hydrogen) atoms. The average molecular weight is 791 g/mol. The van der Waals surface area contributed by atoms with Gasteiger partial charge in [0.1, 0.15) is 0 Å². The largest absolute Gasteiger partial charge is 0.208 e. The molecular formula is C58H38N4. The maximum absolute atomic E-state index is 9.54. The van der Waals surface area contributed by atoms with Crippen molar-refractivity contribution >= 4 is 10.8 Å². The molecule has 1 aliphatic carbocycles. The second-order valence-corrected chi connectivity index (χ2v) is 15.8. The Morgan fingerprint density at radius 2 is 0.790 bits per heavy atom. The van der Waals surface area contributed by atoms with Crippen molar-refractivity contribution in [3.05, 3.63) is 234 Å². The molecule has 1 aliphatic rings.